The Morgan fingerprint density at radius 3 is 3.21 bits per heavy atom. The highest BCUT2D eigenvalue weighted by Crippen LogP contribution is 2.19. The first-order chi connectivity index (χ1) is 9.29. The fourth-order valence-corrected chi connectivity index (χ4v) is 2.63. The van der Waals surface area contributed by atoms with Crippen LogP contribution in [0.5, 0.6) is 0 Å². The fourth-order valence-electron chi connectivity index (χ4n) is 2.63. The number of pyridine rings is 1. The van der Waals surface area contributed by atoms with E-state index in [2.05, 4.69) is 10.2 Å². The first kappa shape index (κ1) is 12.1. The molecule has 2 N–H and O–H groups in total. The van der Waals surface area contributed by atoms with Gasteiger partial charge in [0.25, 0.3) is 5.91 Å². The van der Waals surface area contributed by atoms with Crippen molar-refractivity contribution < 1.29 is 4.79 Å². The molecule has 1 aliphatic heterocycles. The molecule has 0 saturated carbocycles. The van der Waals surface area contributed by atoms with Crippen molar-refractivity contribution >= 4 is 11.6 Å². The Hall–Kier alpha value is -1.95. The Morgan fingerprint density at radius 2 is 2.37 bits per heavy atom. The summed E-state index contributed by atoms with van der Waals surface area (Å²) in [5.74, 6) is 0.0423. The van der Waals surface area contributed by atoms with Gasteiger partial charge in [0.2, 0.25) is 0 Å². The van der Waals surface area contributed by atoms with Gasteiger partial charge in [-0.2, -0.15) is 0 Å². The minimum Gasteiger partial charge on any atom is -0.334 e. The molecule has 6 nitrogen and oxygen atoms in total. The average Bonchev–Trinajstić information content (AvgIpc) is 2.93. The predicted octanol–water partition coefficient (Wildman–Crippen LogP) is 0.683. The number of carbonyl (C=O) groups excluding carboxylic acids is 1. The lowest BCUT2D eigenvalue weighted by Crippen LogP contribution is -2.47. The Morgan fingerprint density at radius 1 is 1.47 bits per heavy atom. The highest BCUT2D eigenvalue weighted by atomic mass is 16.2. The molecule has 0 unspecified atom stereocenters. The maximum absolute atomic E-state index is 12.5. The summed E-state index contributed by atoms with van der Waals surface area (Å²) in [4.78, 5) is 14.4. The third-order valence-corrected chi connectivity index (χ3v) is 3.71. The summed E-state index contributed by atoms with van der Waals surface area (Å²) in [6, 6.07) is 3.74. The largest absolute Gasteiger partial charge is 0.334 e. The Kier molecular flexibility index (Phi) is 3.16. The molecule has 0 aliphatic carbocycles. The maximum Gasteiger partial charge on any atom is 0.254 e. The van der Waals surface area contributed by atoms with Crippen molar-refractivity contribution in [3.63, 3.8) is 0 Å². The normalized spacial score (nSPS) is 19.8. The van der Waals surface area contributed by atoms with E-state index in [4.69, 9.17) is 5.73 Å². The first-order valence-corrected chi connectivity index (χ1v) is 6.60. The van der Waals surface area contributed by atoms with Crippen molar-refractivity contribution in [2.45, 2.75) is 25.3 Å². The Labute approximate surface area is 111 Å². The minimum atomic E-state index is 0.0423. The summed E-state index contributed by atoms with van der Waals surface area (Å²) in [6.45, 7) is 1.32. The van der Waals surface area contributed by atoms with Crippen molar-refractivity contribution in [1.82, 2.24) is 19.5 Å². The van der Waals surface area contributed by atoms with Crippen molar-refractivity contribution in [2.24, 2.45) is 5.73 Å². The van der Waals surface area contributed by atoms with E-state index in [0.717, 1.165) is 25.8 Å². The highest BCUT2D eigenvalue weighted by molar-refractivity contribution is 5.95. The summed E-state index contributed by atoms with van der Waals surface area (Å²) < 4.78 is 1.79. The summed E-state index contributed by atoms with van der Waals surface area (Å²) in [5.41, 5.74) is 7.10. The number of hydrogen-bond donors (Lipinski definition) is 1. The summed E-state index contributed by atoms with van der Waals surface area (Å²) >= 11 is 0. The molecule has 3 heterocycles. The van der Waals surface area contributed by atoms with E-state index in [1.165, 1.54) is 0 Å². The standard InChI is InChI=1S/C13H17N5O/c14-8-11-3-1-2-5-18(11)13(19)10-4-6-17-9-15-16-12(17)7-10/h4,6-7,9,11H,1-3,5,8,14H2/t11-/m0/s1. The second-order valence-electron chi connectivity index (χ2n) is 4.90. The molecule has 0 aromatic carbocycles. The lowest BCUT2D eigenvalue weighted by atomic mass is 10.0. The summed E-state index contributed by atoms with van der Waals surface area (Å²) in [5, 5.41) is 7.78. The van der Waals surface area contributed by atoms with Crippen LogP contribution in [0.15, 0.2) is 24.7 Å². The van der Waals surface area contributed by atoms with Crippen LogP contribution in [0.25, 0.3) is 5.65 Å². The van der Waals surface area contributed by atoms with Crippen LogP contribution in [0.2, 0.25) is 0 Å². The average molecular weight is 259 g/mol. The molecule has 1 aliphatic rings. The van der Waals surface area contributed by atoms with E-state index in [9.17, 15) is 4.79 Å². The van der Waals surface area contributed by atoms with Crippen LogP contribution in [0.1, 0.15) is 29.6 Å². The van der Waals surface area contributed by atoms with Crippen molar-refractivity contribution in [3.8, 4) is 0 Å². The molecule has 19 heavy (non-hydrogen) atoms. The third-order valence-electron chi connectivity index (χ3n) is 3.71. The summed E-state index contributed by atoms with van der Waals surface area (Å²) in [6.07, 6.45) is 6.62. The number of carbonyl (C=O) groups is 1. The predicted molar refractivity (Wildman–Crippen MR) is 70.7 cm³/mol. The van der Waals surface area contributed by atoms with Gasteiger partial charge in [-0.05, 0) is 31.4 Å². The molecule has 0 radical (unpaired) electrons. The van der Waals surface area contributed by atoms with Crippen LogP contribution >= 0.6 is 0 Å². The van der Waals surface area contributed by atoms with Gasteiger partial charge in [0, 0.05) is 30.9 Å². The van der Waals surface area contributed by atoms with Gasteiger partial charge in [-0.1, -0.05) is 0 Å². The Balaban J connectivity index is 1.89. The number of piperidine rings is 1. The molecule has 0 spiro atoms. The van der Waals surface area contributed by atoms with Crippen LogP contribution < -0.4 is 5.73 Å². The molecule has 1 atom stereocenters. The molecule has 100 valence electrons. The number of fused-ring (bicyclic) bond motifs is 1. The van der Waals surface area contributed by atoms with Gasteiger partial charge in [-0.25, -0.2) is 0 Å². The molecular formula is C13H17N5O. The molecule has 2 aromatic rings. The summed E-state index contributed by atoms with van der Waals surface area (Å²) in [7, 11) is 0. The van der Waals surface area contributed by atoms with Crippen LogP contribution in [0, 0.1) is 0 Å². The van der Waals surface area contributed by atoms with Gasteiger partial charge in [-0.15, -0.1) is 10.2 Å². The number of hydrogen-bond acceptors (Lipinski definition) is 4. The Bertz CT molecular complexity index is 593. The molecule has 3 rings (SSSR count). The van der Waals surface area contributed by atoms with Crippen molar-refractivity contribution in [2.75, 3.05) is 13.1 Å². The SMILES string of the molecule is NC[C@@H]1CCCCN1C(=O)c1ccn2cnnc2c1. The molecule has 1 amide bonds. The molecule has 1 fully saturated rings. The second-order valence-corrected chi connectivity index (χ2v) is 4.90. The van der Waals surface area contributed by atoms with Crippen molar-refractivity contribution in [3.05, 3.63) is 30.2 Å². The van der Waals surface area contributed by atoms with Gasteiger partial charge in [-0.3, -0.25) is 9.20 Å². The van der Waals surface area contributed by atoms with Crippen LogP contribution in [0.4, 0.5) is 0 Å². The van der Waals surface area contributed by atoms with Gasteiger partial charge in [0.05, 0.1) is 0 Å². The zero-order valence-electron chi connectivity index (χ0n) is 10.7. The number of nitrogens with two attached hydrogens (primary N) is 1. The van der Waals surface area contributed by atoms with Gasteiger partial charge < -0.3 is 10.6 Å². The lowest BCUT2D eigenvalue weighted by Gasteiger charge is -2.35. The molecular weight excluding hydrogens is 242 g/mol. The van der Waals surface area contributed by atoms with Crippen LogP contribution in [0.3, 0.4) is 0 Å². The zero-order chi connectivity index (χ0) is 13.2. The van der Waals surface area contributed by atoms with E-state index < -0.39 is 0 Å². The molecule has 2 aromatic heterocycles. The van der Waals surface area contributed by atoms with E-state index in [1.807, 2.05) is 11.1 Å². The highest BCUT2D eigenvalue weighted by Gasteiger charge is 2.26. The zero-order valence-corrected chi connectivity index (χ0v) is 10.7. The van der Waals surface area contributed by atoms with Gasteiger partial charge in [0.15, 0.2) is 5.65 Å². The first-order valence-electron chi connectivity index (χ1n) is 6.60. The quantitative estimate of drug-likeness (QED) is 0.860. The van der Waals surface area contributed by atoms with E-state index >= 15 is 0 Å². The number of aromatic nitrogens is 3. The van der Waals surface area contributed by atoms with Gasteiger partial charge in [0.1, 0.15) is 6.33 Å². The van der Waals surface area contributed by atoms with Gasteiger partial charge >= 0.3 is 0 Å². The van der Waals surface area contributed by atoms with E-state index in [0.29, 0.717) is 17.8 Å². The van der Waals surface area contributed by atoms with E-state index in [1.54, 1.807) is 22.9 Å². The van der Waals surface area contributed by atoms with Crippen LogP contribution in [-0.2, 0) is 0 Å². The number of likely N-dealkylation sites (tertiary alicyclic amines) is 1. The maximum atomic E-state index is 12.5. The topological polar surface area (TPSA) is 76.5 Å². The monoisotopic (exact) mass is 259 g/mol. The smallest absolute Gasteiger partial charge is 0.254 e. The number of amides is 1. The van der Waals surface area contributed by atoms with Crippen LogP contribution in [-0.4, -0.2) is 44.5 Å². The van der Waals surface area contributed by atoms with E-state index in [-0.39, 0.29) is 11.9 Å². The number of nitrogens with zero attached hydrogens (tertiary/aromatic N) is 4. The molecule has 6 heteroatoms. The van der Waals surface area contributed by atoms with Crippen molar-refractivity contribution in [1.29, 1.82) is 0 Å². The second kappa shape index (κ2) is 4.97. The number of rotatable bonds is 2. The fraction of sp³-hybridized carbons (Fsp3) is 0.462. The minimum absolute atomic E-state index is 0.0423. The lowest BCUT2D eigenvalue weighted by molar-refractivity contribution is 0.0623. The molecule has 0 bridgehead atoms. The third kappa shape index (κ3) is 2.19. The molecule has 1 saturated heterocycles.